The first-order chi connectivity index (χ1) is 6.74. The maximum Gasteiger partial charge on any atom is 0.157 e. The van der Waals surface area contributed by atoms with Crippen LogP contribution in [-0.2, 0) is 20.7 Å². The van der Waals surface area contributed by atoms with Crippen LogP contribution in [0.2, 0.25) is 0 Å². The Kier molecular flexibility index (Phi) is 2.18. The van der Waals surface area contributed by atoms with Gasteiger partial charge in [-0.15, -0.1) is 5.10 Å². The van der Waals surface area contributed by atoms with E-state index in [1.165, 1.54) is 0 Å². The average Bonchev–Trinajstić information content (AvgIpc) is 2.72. The summed E-state index contributed by atoms with van der Waals surface area (Å²) in [5.74, 6) is 0.734. The van der Waals surface area contributed by atoms with E-state index in [1.807, 2.05) is 20.3 Å². The standard InChI is InChI=1S/C8H11N5O/c1-12-5-8(3-9-12)14-6-7-4-13(2)11-10-7/h3-5H,6H2,1-2H3. The van der Waals surface area contributed by atoms with E-state index in [-0.39, 0.29) is 0 Å². The van der Waals surface area contributed by atoms with Crippen LogP contribution in [0.4, 0.5) is 0 Å². The van der Waals surface area contributed by atoms with Crippen molar-refractivity contribution in [3.05, 3.63) is 24.3 Å². The lowest BCUT2D eigenvalue weighted by Gasteiger charge is -1.97. The molecular formula is C8H11N5O. The van der Waals surface area contributed by atoms with E-state index in [0.717, 1.165) is 11.4 Å². The first-order valence-corrected chi connectivity index (χ1v) is 4.21. The third kappa shape index (κ3) is 1.90. The van der Waals surface area contributed by atoms with E-state index in [1.54, 1.807) is 21.8 Å². The van der Waals surface area contributed by atoms with Crippen molar-refractivity contribution in [3.63, 3.8) is 0 Å². The van der Waals surface area contributed by atoms with Crippen molar-refractivity contribution in [1.29, 1.82) is 0 Å². The molecule has 0 bridgehead atoms. The molecule has 14 heavy (non-hydrogen) atoms. The molecule has 0 aliphatic heterocycles. The molecule has 0 spiro atoms. The minimum absolute atomic E-state index is 0.416. The molecule has 2 rings (SSSR count). The molecule has 0 amide bonds. The van der Waals surface area contributed by atoms with Crippen molar-refractivity contribution >= 4 is 0 Å². The van der Waals surface area contributed by atoms with Crippen LogP contribution in [0.1, 0.15) is 5.69 Å². The molecule has 0 saturated heterocycles. The maximum absolute atomic E-state index is 5.43. The summed E-state index contributed by atoms with van der Waals surface area (Å²) in [5, 5.41) is 11.7. The summed E-state index contributed by atoms with van der Waals surface area (Å²) in [6.07, 6.45) is 5.28. The molecule has 0 N–H and O–H groups in total. The van der Waals surface area contributed by atoms with Gasteiger partial charge in [0.2, 0.25) is 0 Å². The molecule has 6 heteroatoms. The van der Waals surface area contributed by atoms with Crippen LogP contribution in [0.15, 0.2) is 18.6 Å². The van der Waals surface area contributed by atoms with Crippen LogP contribution < -0.4 is 4.74 Å². The monoisotopic (exact) mass is 193 g/mol. The topological polar surface area (TPSA) is 57.8 Å². The highest BCUT2D eigenvalue weighted by Gasteiger charge is 2.00. The van der Waals surface area contributed by atoms with Crippen molar-refractivity contribution < 1.29 is 4.74 Å². The minimum Gasteiger partial charge on any atom is -0.484 e. The van der Waals surface area contributed by atoms with Crippen molar-refractivity contribution in [2.24, 2.45) is 14.1 Å². The summed E-state index contributed by atoms with van der Waals surface area (Å²) in [5.41, 5.74) is 0.802. The molecule has 0 aliphatic carbocycles. The number of rotatable bonds is 3. The molecule has 0 aromatic carbocycles. The Balaban J connectivity index is 1.94. The van der Waals surface area contributed by atoms with E-state index in [0.29, 0.717) is 6.61 Å². The van der Waals surface area contributed by atoms with Gasteiger partial charge in [-0.1, -0.05) is 5.21 Å². The Hall–Kier alpha value is -1.85. The minimum atomic E-state index is 0.416. The fourth-order valence-corrected chi connectivity index (χ4v) is 1.09. The van der Waals surface area contributed by atoms with Gasteiger partial charge in [0.15, 0.2) is 5.75 Å². The second-order valence-corrected chi connectivity index (χ2v) is 3.02. The molecular weight excluding hydrogens is 182 g/mol. The number of ether oxygens (including phenoxy) is 1. The van der Waals surface area contributed by atoms with E-state index < -0.39 is 0 Å². The van der Waals surface area contributed by atoms with Gasteiger partial charge in [0.05, 0.1) is 18.6 Å². The van der Waals surface area contributed by atoms with Gasteiger partial charge in [0.25, 0.3) is 0 Å². The van der Waals surface area contributed by atoms with Crippen LogP contribution in [0.3, 0.4) is 0 Å². The van der Waals surface area contributed by atoms with Crippen LogP contribution in [-0.4, -0.2) is 24.8 Å². The molecule has 74 valence electrons. The Morgan fingerprint density at radius 1 is 1.29 bits per heavy atom. The van der Waals surface area contributed by atoms with Gasteiger partial charge in [-0.25, -0.2) is 0 Å². The second kappa shape index (κ2) is 3.49. The average molecular weight is 193 g/mol. The highest BCUT2D eigenvalue weighted by Crippen LogP contribution is 2.08. The summed E-state index contributed by atoms with van der Waals surface area (Å²) in [6.45, 7) is 0.416. The smallest absolute Gasteiger partial charge is 0.157 e. The first-order valence-electron chi connectivity index (χ1n) is 4.21. The highest BCUT2D eigenvalue weighted by atomic mass is 16.5. The SMILES string of the molecule is Cn1cc(OCc2cn(C)nn2)cn1. The molecule has 2 aromatic rings. The van der Waals surface area contributed by atoms with Crippen LogP contribution in [0.25, 0.3) is 0 Å². The quantitative estimate of drug-likeness (QED) is 0.695. The highest BCUT2D eigenvalue weighted by molar-refractivity contribution is 5.11. The van der Waals surface area contributed by atoms with Gasteiger partial charge in [0.1, 0.15) is 12.3 Å². The molecule has 0 saturated carbocycles. The predicted molar refractivity (Wildman–Crippen MR) is 48.5 cm³/mol. The third-order valence-corrected chi connectivity index (χ3v) is 1.72. The zero-order valence-electron chi connectivity index (χ0n) is 8.08. The fourth-order valence-electron chi connectivity index (χ4n) is 1.09. The predicted octanol–water partition coefficient (Wildman–Crippen LogP) is 0.128. The third-order valence-electron chi connectivity index (χ3n) is 1.72. The number of nitrogens with zero attached hydrogens (tertiary/aromatic N) is 5. The van der Waals surface area contributed by atoms with Gasteiger partial charge < -0.3 is 4.74 Å². The molecule has 0 aliphatic rings. The zero-order valence-corrected chi connectivity index (χ0v) is 8.08. The van der Waals surface area contributed by atoms with E-state index in [9.17, 15) is 0 Å². The van der Waals surface area contributed by atoms with Crippen LogP contribution in [0.5, 0.6) is 5.75 Å². The van der Waals surface area contributed by atoms with E-state index in [4.69, 9.17) is 4.74 Å². The van der Waals surface area contributed by atoms with E-state index in [2.05, 4.69) is 15.4 Å². The van der Waals surface area contributed by atoms with Gasteiger partial charge in [0, 0.05) is 14.1 Å². The Labute approximate surface area is 81.1 Å². The summed E-state index contributed by atoms with van der Waals surface area (Å²) in [4.78, 5) is 0. The van der Waals surface area contributed by atoms with Crippen molar-refractivity contribution in [3.8, 4) is 5.75 Å². The molecule has 0 atom stereocenters. The van der Waals surface area contributed by atoms with Crippen molar-refractivity contribution in [2.75, 3.05) is 0 Å². The van der Waals surface area contributed by atoms with Gasteiger partial charge in [-0.2, -0.15) is 5.10 Å². The lowest BCUT2D eigenvalue weighted by atomic mass is 10.5. The molecule has 2 heterocycles. The summed E-state index contributed by atoms with van der Waals surface area (Å²) < 4.78 is 8.75. The Bertz CT molecular complexity index is 379. The van der Waals surface area contributed by atoms with Gasteiger partial charge in [-0.05, 0) is 0 Å². The molecule has 0 fully saturated rings. The van der Waals surface area contributed by atoms with Gasteiger partial charge in [-0.3, -0.25) is 9.36 Å². The molecule has 2 aromatic heterocycles. The number of aryl methyl sites for hydroxylation is 2. The summed E-state index contributed by atoms with van der Waals surface area (Å²) in [7, 11) is 3.66. The van der Waals surface area contributed by atoms with Crippen molar-refractivity contribution in [1.82, 2.24) is 24.8 Å². The largest absolute Gasteiger partial charge is 0.484 e. The number of aromatic nitrogens is 5. The summed E-state index contributed by atoms with van der Waals surface area (Å²) >= 11 is 0. The van der Waals surface area contributed by atoms with Gasteiger partial charge >= 0.3 is 0 Å². The number of hydrogen-bond acceptors (Lipinski definition) is 4. The van der Waals surface area contributed by atoms with Crippen molar-refractivity contribution in [2.45, 2.75) is 6.61 Å². The second-order valence-electron chi connectivity index (χ2n) is 3.02. The lowest BCUT2D eigenvalue weighted by Crippen LogP contribution is -1.94. The zero-order chi connectivity index (χ0) is 9.97. The van der Waals surface area contributed by atoms with Crippen LogP contribution >= 0.6 is 0 Å². The fraction of sp³-hybridized carbons (Fsp3) is 0.375. The Morgan fingerprint density at radius 2 is 2.14 bits per heavy atom. The first kappa shape index (κ1) is 8.74. The molecule has 0 radical (unpaired) electrons. The molecule has 6 nitrogen and oxygen atoms in total. The Morgan fingerprint density at radius 3 is 2.71 bits per heavy atom. The normalized spacial score (nSPS) is 10.4. The maximum atomic E-state index is 5.43. The van der Waals surface area contributed by atoms with E-state index >= 15 is 0 Å². The number of hydrogen-bond donors (Lipinski definition) is 0. The van der Waals surface area contributed by atoms with Crippen LogP contribution in [0, 0.1) is 0 Å². The summed E-state index contributed by atoms with van der Waals surface area (Å²) in [6, 6.07) is 0. The molecule has 0 unspecified atom stereocenters. The lowest BCUT2D eigenvalue weighted by molar-refractivity contribution is 0.301.